The normalized spacial score (nSPS) is 12.5. The summed E-state index contributed by atoms with van der Waals surface area (Å²) in [7, 11) is 0. The van der Waals surface area contributed by atoms with Crippen LogP contribution in [0.25, 0.3) is 0 Å². The highest BCUT2D eigenvalue weighted by molar-refractivity contribution is 6.35. The third kappa shape index (κ3) is 2.39. The van der Waals surface area contributed by atoms with E-state index >= 15 is 0 Å². The maximum absolute atomic E-state index is 12.3. The van der Waals surface area contributed by atoms with Gasteiger partial charge in [0.15, 0.2) is 17.3 Å². The molecule has 2 aromatic rings. The molecule has 0 N–H and O–H groups in total. The summed E-state index contributed by atoms with van der Waals surface area (Å²) in [6.45, 7) is 0.177. The van der Waals surface area contributed by atoms with Crippen LogP contribution in [-0.4, -0.2) is 12.6 Å². The lowest BCUT2D eigenvalue weighted by atomic mass is 10.0. The zero-order valence-electron chi connectivity index (χ0n) is 9.65. The number of carbonyl (C=O) groups excluding carboxylic acids is 1. The van der Waals surface area contributed by atoms with Gasteiger partial charge < -0.3 is 9.47 Å². The molecule has 0 aromatic heterocycles. The van der Waals surface area contributed by atoms with Crippen LogP contribution in [0.4, 0.5) is 0 Å². The SMILES string of the molecule is O=C(c1cc(Cl)cc(Cl)c1)c1ccc2c(c1)OCO2. The molecule has 3 rings (SSSR count). The van der Waals surface area contributed by atoms with Crippen LogP contribution in [-0.2, 0) is 0 Å². The van der Waals surface area contributed by atoms with Gasteiger partial charge in [-0.2, -0.15) is 0 Å². The van der Waals surface area contributed by atoms with Gasteiger partial charge >= 0.3 is 0 Å². The van der Waals surface area contributed by atoms with Crippen molar-refractivity contribution in [3.05, 3.63) is 57.6 Å². The fourth-order valence-electron chi connectivity index (χ4n) is 1.89. The number of ketones is 1. The van der Waals surface area contributed by atoms with E-state index in [-0.39, 0.29) is 12.6 Å². The Kier molecular flexibility index (Phi) is 3.09. The van der Waals surface area contributed by atoms with Crippen LogP contribution in [0.3, 0.4) is 0 Å². The van der Waals surface area contributed by atoms with Crippen molar-refractivity contribution in [3.8, 4) is 11.5 Å². The second-order valence-corrected chi connectivity index (χ2v) is 4.93. The number of hydrogen-bond donors (Lipinski definition) is 0. The van der Waals surface area contributed by atoms with Crippen LogP contribution in [0.2, 0.25) is 10.0 Å². The minimum atomic E-state index is -0.164. The molecule has 0 spiro atoms. The smallest absolute Gasteiger partial charge is 0.231 e. The lowest BCUT2D eigenvalue weighted by Gasteiger charge is -2.04. The van der Waals surface area contributed by atoms with E-state index in [1.54, 1.807) is 36.4 Å². The zero-order chi connectivity index (χ0) is 13.4. The molecular formula is C14H8Cl2O3. The Morgan fingerprint density at radius 1 is 0.895 bits per heavy atom. The maximum atomic E-state index is 12.3. The summed E-state index contributed by atoms with van der Waals surface area (Å²) in [6.07, 6.45) is 0. The second kappa shape index (κ2) is 4.76. The number of fused-ring (bicyclic) bond motifs is 1. The highest BCUT2D eigenvalue weighted by Gasteiger charge is 2.17. The average Bonchev–Trinajstić information content (AvgIpc) is 2.83. The first kappa shape index (κ1) is 12.3. The van der Waals surface area contributed by atoms with Crippen LogP contribution in [0, 0.1) is 0 Å². The minimum absolute atomic E-state index is 0.164. The van der Waals surface area contributed by atoms with Gasteiger partial charge in [-0.15, -0.1) is 0 Å². The van der Waals surface area contributed by atoms with Crippen molar-refractivity contribution >= 4 is 29.0 Å². The zero-order valence-corrected chi connectivity index (χ0v) is 11.2. The van der Waals surface area contributed by atoms with Crippen LogP contribution in [0.15, 0.2) is 36.4 Å². The van der Waals surface area contributed by atoms with Crippen molar-refractivity contribution in [2.45, 2.75) is 0 Å². The lowest BCUT2D eigenvalue weighted by molar-refractivity contribution is 0.103. The number of rotatable bonds is 2. The third-order valence-electron chi connectivity index (χ3n) is 2.76. The predicted molar refractivity (Wildman–Crippen MR) is 72.5 cm³/mol. The molecule has 0 saturated carbocycles. The molecule has 5 heteroatoms. The predicted octanol–water partition coefficient (Wildman–Crippen LogP) is 3.95. The van der Waals surface area contributed by atoms with E-state index < -0.39 is 0 Å². The van der Waals surface area contributed by atoms with Crippen molar-refractivity contribution < 1.29 is 14.3 Å². The fourth-order valence-corrected chi connectivity index (χ4v) is 2.42. The van der Waals surface area contributed by atoms with Crippen LogP contribution in [0.5, 0.6) is 11.5 Å². The highest BCUT2D eigenvalue weighted by Crippen LogP contribution is 2.33. The third-order valence-corrected chi connectivity index (χ3v) is 3.20. The maximum Gasteiger partial charge on any atom is 0.231 e. The van der Waals surface area contributed by atoms with Gasteiger partial charge in [-0.05, 0) is 36.4 Å². The lowest BCUT2D eigenvalue weighted by Crippen LogP contribution is -2.01. The molecule has 1 aliphatic heterocycles. The summed E-state index contributed by atoms with van der Waals surface area (Å²) in [5, 5.41) is 0.855. The molecule has 0 unspecified atom stereocenters. The first-order valence-corrected chi connectivity index (χ1v) is 6.29. The number of benzene rings is 2. The van der Waals surface area contributed by atoms with E-state index in [4.69, 9.17) is 32.7 Å². The van der Waals surface area contributed by atoms with Crippen molar-refractivity contribution in [2.75, 3.05) is 6.79 Å². The molecule has 2 aromatic carbocycles. The summed E-state index contributed by atoms with van der Waals surface area (Å²) in [5.74, 6) is 1.04. The molecule has 1 heterocycles. The van der Waals surface area contributed by atoms with Crippen molar-refractivity contribution in [1.82, 2.24) is 0 Å². The molecule has 0 amide bonds. The first-order valence-electron chi connectivity index (χ1n) is 5.54. The van der Waals surface area contributed by atoms with Gasteiger partial charge in [0, 0.05) is 21.2 Å². The molecular weight excluding hydrogens is 287 g/mol. The first-order chi connectivity index (χ1) is 9.13. The summed E-state index contributed by atoms with van der Waals surface area (Å²) in [6, 6.07) is 9.80. The minimum Gasteiger partial charge on any atom is -0.454 e. The van der Waals surface area contributed by atoms with E-state index in [9.17, 15) is 4.79 Å². The Balaban J connectivity index is 1.99. The van der Waals surface area contributed by atoms with Crippen molar-refractivity contribution in [3.63, 3.8) is 0 Å². The largest absolute Gasteiger partial charge is 0.454 e. The molecule has 0 bridgehead atoms. The Labute approximate surface area is 119 Å². The summed E-state index contributed by atoms with van der Waals surface area (Å²) in [5.41, 5.74) is 0.943. The Bertz CT molecular complexity index is 647. The molecule has 1 aliphatic rings. The van der Waals surface area contributed by atoms with E-state index in [1.807, 2.05) is 0 Å². The molecule has 96 valence electrons. The second-order valence-electron chi connectivity index (χ2n) is 4.06. The van der Waals surface area contributed by atoms with E-state index in [2.05, 4.69) is 0 Å². The summed E-state index contributed by atoms with van der Waals surface area (Å²) in [4.78, 5) is 12.3. The van der Waals surface area contributed by atoms with Gasteiger partial charge in [0.05, 0.1) is 0 Å². The average molecular weight is 295 g/mol. The molecule has 19 heavy (non-hydrogen) atoms. The Morgan fingerprint density at radius 3 is 2.32 bits per heavy atom. The molecule has 0 saturated heterocycles. The number of carbonyl (C=O) groups is 1. The summed E-state index contributed by atoms with van der Waals surface area (Å²) < 4.78 is 10.4. The van der Waals surface area contributed by atoms with Gasteiger partial charge in [0.25, 0.3) is 0 Å². The molecule has 0 fully saturated rings. The quantitative estimate of drug-likeness (QED) is 0.787. The van der Waals surface area contributed by atoms with Crippen LogP contribution < -0.4 is 9.47 Å². The van der Waals surface area contributed by atoms with E-state index in [0.717, 1.165) is 0 Å². The topological polar surface area (TPSA) is 35.5 Å². The molecule has 0 aliphatic carbocycles. The molecule has 0 radical (unpaired) electrons. The van der Waals surface area contributed by atoms with E-state index in [0.29, 0.717) is 32.7 Å². The van der Waals surface area contributed by atoms with Gasteiger partial charge in [0.2, 0.25) is 6.79 Å². The Morgan fingerprint density at radius 2 is 1.58 bits per heavy atom. The standard InChI is InChI=1S/C14H8Cl2O3/c15-10-3-9(4-11(16)6-10)14(17)8-1-2-12-13(5-8)19-7-18-12/h1-6H,7H2. The van der Waals surface area contributed by atoms with Gasteiger partial charge in [0.1, 0.15) is 0 Å². The molecule has 3 nitrogen and oxygen atoms in total. The monoisotopic (exact) mass is 294 g/mol. The van der Waals surface area contributed by atoms with Crippen molar-refractivity contribution in [2.24, 2.45) is 0 Å². The van der Waals surface area contributed by atoms with Gasteiger partial charge in [-0.1, -0.05) is 23.2 Å². The van der Waals surface area contributed by atoms with Crippen molar-refractivity contribution in [1.29, 1.82) is 0 Å². The van der Waals surface area contributed by atoms with Gasteiger partial charge in [-0.3, -0.25) is 4.79 Å². The fraction of sp³-hybridized carbons (Fsp3) is 0.0714. The number of halogens is 2. The molecule has 0 atom stereocenters. The highest BCUT2D eigenvalue weighted by atomic mass is 35.5. The Hall–Kier alpha value is -1.71. The van der Waals surface area contributed by atoms with Crippen LogP contribution >= 0.6 is 23.2 Å². The number of ether oxygens (including phenoxy) is 2. The summed E-state index contributed by atoms with van der Waals surface area (Å²) >= 11 is 11.8. The number of hydrogen-bond acceptors (Lipinski definition) is 3. The van der Waals surface area contributed by atoms with E-state index in [1.165, 1.54) is 0 Å². The van der Waals surface area contributed by atoms with Gasteiger partial charge in [-0.25, -0.2) is 0 Å². The van der Waals surface area contributed by atoms with Crippen LogP contribution in [0.1, 0.15) is 15.9 Å².